The highest BCUT2D eigenvalue weighted by atomic mass is 35.5. The Labute approximate surface area is 123 Å². The van der Waals surface area contributed by atoms with Crippen molar-refractivity contribution in [3.8, 4) is 0 Å². The van der Waals surface area contributed by atoms with Crippen LogP contribution in [0.4, 0.5) is 0 Å². The molecular formula is C14H19ClN2O3. The first-order valence-corrected chi connectivity index (χ1v) is 6.87. The number of amides is 1. The summed E-state index contributed by atoms with van der Waals surface area (Å²) in [5, 5.41) is 2.75. The number of nitrogens with one attached hydrogen (secondary N) is 1. The third kappa shape index (κ3) is 4.20. The van der Waals surface area contributed by atoms with Crippen LogP contribution in [0.25, 0.3) is 0 Å². The Hall–Kier alpha value is -1.62. The number of esters is 1. The van der Waals surface area contributed by atoms with Gasteiger partial charge in [0, 0.05) is 12.2 Å². The highest BCUT2D eigenvalue weighted by Crippen LogP contribution is 2.20. The molecule has 1 aromatic heterocycles. The Morgan fingerprint density at radius 2 is 2.10 bits per heavy atom. The van der Waals surface area contributed by atoms with Gasteiger partial charge < -0.3 is 10.1 Å². The second-order valence-corrected chi connectivity index (χ2v) is 4.94. The number of ether oxygens (including phenoxy) is 1. The molecule has 1 heterocycles. The van der Waals surface area contributed by atoms with Gasteiger partial charge in [0.2, 0.25) is 0 Å². The van der Waals surface area contributed by atoms with Gasteiger partial charge in [-0.1, -0.05) is 18.5 Å². The summed E-state index contributed by atoms with van der Waals surface area (Å²) < 4.78 is 5.12. The van der Waals surface area contributed by atoms with Crippen LogP contribution in [0.5, 0.6) is 0 Å². The van der Waals surface area contributed by atoms with E-state index in [1.54, 1.807) is 19.9 Å². The van der Waals surface area contributed by atoms with Crippen LogP contribution in [-0.2, 0) is 9.53 Å². The summed E-state index contributed by atoms with van der Waals surface area (Å²) in [4.78, 5) is 27.7. The fourth-order valence-electron chi connectivity index (χ4n) is 1.70. The first-order chi connectivity index (χ1) is 9.36. The maximum Gasteiger partial charge on any atom is 0.342 e. The topological polar surface area (TPSA) is 68.3 Å². The van der Waals surface area contributed by atoms with Gasteiger partial charge in [-0.2, -0.15) is 0 Å². The quantitative estimate of drug-likeness (QED) is 0.669. The summed E-state index contributed by atoms with van der Waals surface area (Å²) >= 11 is 5.96. The van der Waals surface area contributed by atoms with E-state index < -0.39 is 12.1 Å². The van der Waals surface area contributed by atoms with Crippen LogP contribution in [0.2, 0.25) is 5.15 Å². The standard InChI is InChI=1S/C14H19ClN2O3/c1-5-6-16-13(18)10(4)20-14(19)11-8(2)7-9(3)17-12(11)15/h7,10H,5-6H2,1-4H3,(H,16,18)/t10-/m0/s1. The Morgan fingerprint density at radius 3 is 2.65 bits per heavy atom. The fourth-order valence-corrected chi connectivity index (χ4v) is 2.06. The third-order valence-corrected chi connectivity index (χ3v) is 2.98. The van der Waals surface area contributed by atoms with Crippen molar-refractivity contribution in [2.45, 2.75) is 40.2 Å². The molecule has 0 radical (unpaired) electrons. The lowest BCUT2D eigenvalue weighted by molar-refractivity contribution is -0.129. The first kappa shape index (κ1) is 16.4. The van der Waals surface area contributed by atoms with E-state index in [0.29, 0.717) is 12.1 Å². The first-order valence-electron chi connectivity index (χ1n) is 6.49. The van der Waals surface area contributed by atoms with Crippen molar-refractivity contribution in [3.05, 3.63) is 28.0 Å². The highest BCUT2D eigenvalue weighted by molar-refractivity contribution is 6.32. The molecule has 0 saturated heterocycles. The van der Waals surface area contributed by atoms with Gasteiger partial charge in [-0.05, 0) is 38.8 Å². The molecule has 20 heavy (non-hydrogen) atoms. The van der Waals surface area contributed by atoms with Gasteiger partial charge in [-0.3, -0.25) is 4.79 Å². The second kappa shape index (κ2) is 7.24. The average Bonchev–Trinajstić information content (AvgIpc) is 2.34. The van der Waals surface area contributed by atoms with E-state index >= 15 is 0 Å². The number of halogens is 1. The molecular weight excluding hydrogens is 280 g/mol. The molecule has 0 bridgehead atoms. The van der Waals surface area contributed by atoms with Gasteiger partial charge in [0.05, 0.1) is 5.56 Å². The molecule has 1 amide bonds. The maximum absolute atomic E-state index is 12.1. The van der Waals surface area contributed by atoms with Crippen LogP contribution in [0, 0.1) is 13.8 Å². The lowest BCUT2D eigenvalue weighted by atomic mass is 10.1. The summed E-state index contributed by atoms with van der Waals surface area (Å²) in [7, 11) is 0. The lowest BCUT2D eigenvalue weighted by Crippen LogP contribution is -2.36. The minimum atomic E-state index is -0.870. The van der Waals surface area contributed by atoms with Crippen molar-refractivity contribution < 1.29 is 14.3 Å². The molecule has 0 spiro atoms. The molecule has 1 N–H and O–H groups in total. The van der Waals surface area contributed by atoms with E-state index in [-0.39, 0.29) is 16.6 Å². The van der Waals surface area contributed by atoms with Gasteiger partial charge in [-0.25, -0.2) is 9.78 Å². The smallest absolute Gasteiger partial charge is 0.342 e. The van der Waals surface area contributed by atoms with Gasteiger partial charge in [0.15, 0.2) is 6.10 Å². The average molecular weight is 299 g/mol. The zero-order valence-electron chi connectivity index (χ0n) is 12.1. The Bertz CT molecular complexity index is 494. The minimum Gasteiger partial charge on any atom is -0.449 e. The van der Waals surface area contributed by atoms with E-state index in [1.165, 1.54) is 6.92 Å². The SMILES string of the molecule is CCCNC(=O)[C@H](C)OC(=O)c1c(C)cc(C)nc1Cl. The van der Waals surface area contributed by atoms with Crippen molar-refractivity contribution in [1.82, 2.24) is 10.3 Å². The van der Waals surface area contributed by atoms with Crippen LogP contribution in [0.3, 0.4) is 0 Å². The van der Waals surface area contributed by atoms with Crippen LogP contribution in [0.1, 0.15) is 41.9 Å². The predicted octanol–water partition coefficient (Wildman–Crippen LogP) is 2.42. The Balaban J connectivity index is 2.79. The van der Waals surface area contributed by atoms with E-state index in [2.05, 4.69) is 10.3 Å². The van der Waals surface area contributed by atoms with Crippen molar-refractivity contribution in [1.29, 1.82) is 0 Å². The van der Waals surface area contributed by atoms with Gasteiger partial charge in [0.25, 0.3) is 5.91 Å². The number of aromatic nitrogens is 1. The molecule has 0 aliphatic carbocycles. The predicted molar refractivity (Wildman–Crippen MR) is 76.9 cm³/mol. The van der Waals surface area contributed by atoms with Crippen LogP contribution in [-0.4, -0.2) is 29.5 Å². The zero-order valence-corrected chi connectivity index (χ0v) is 12.9. The molecule has 0 aromatic carbocycles. The van der Waals surface area contributed by atoms with Crippen molar-refractivity contribution >= 4 is 23.5 Å². The van der Waals surface area contributed by atoms with Crippen molar-refractivity contribution in [3.63, 3.8) is 0 Å². The molecule has 0 saturated carbocycles. The largest absolute Gasteiger partial charge is 0.449 e. The number of carbonyl (C=O) groups excluding carboxylic acids is 2. The molecule has 0 fully saturated rings. The fraction of sp³-hybridized carbons (Fsp3) is 0.500. The van der Waals surface area contributed by atoms with Crippen molar-refractivity contribution in [2.75, 3.05) is 6.54 Å². The number of nitrogens with zero attached hydrogens (tertiary/aromatic N) is 1. The Morgan fingerprint density at radius 1 is 1.45 bits per heavy atom. The number of pyridine rings is 1. The maximum atomic E-state index is 12.1. The van der Waals surface area contributed by atoms with Crippen LogP contribution >= 0.6 is 11.6 Å². The molecule has 1 aromatic rings. The van der Waals surface area contributed by atoms with Crippen molar-refractivity contribution in [2.24, 2.45) is 0 Å². The van der Waals surface area contributed by atoms with E-state index in [1.807, 2.05) is 6.92 Å². The van der Waals surface area contributed by atoms with Crippen LogP contribution in [0.15, 0.2) is 6.07 Å². The summed E-state index contributed by atoms with van der Waals surface area (Å²) in [5.74, 6) is -0.965. The lowest BCUT2D eigenvalue weighted by Gasteiger charge is -2.14. The summed E-state index contributed by atoms with van der Waals surface area (Å²) in [6.07, 6.45) is -0.0509. The summed E-state index contributed by atoms with van der Waals surface area (Å²) in [6.45, 7) is 7.55. The molecule has 0 aliphatic heterocycles. The molecule has 0 unspecified atom stereocenters. The van der Waals surface area contributed by atoms with Crippen LogP contribution < -0.4 is 5.32 Å². The molecule has 5 nitrogen and oxygen atoms in total. The Kier molecular flexibility index (Phi) is 5.95. The van der Waals surface area contributed by atoms with E-state index in [4.69, 9.17) is 16.3 Å². The number of rotatable bonds is 5. The minimum absolute atomic E-state index is 0.0914. The molecule has 0 aliphatic rings. The monoisotopic (exact) mass is 298 g/mol. The van der Waals surface area contributed by atoms with E-state index in [9.17, 15) is 9.59 Å². The molecule has 1 atom stereocenters. The number of hydrogen-bond donors (Lipinski definition) is 1. The normalized spacial score (nSPS) is 11.8. The number of hydrogen-bond acceptors (Lipinski definition) is 4. The highest BCUT2D eigenvalue weighted by Gasteiger charge is 2.22. The number of aryl methyl sites for hydroxylation is 2. The summed E-state index contributed by atoms with van der Waals surface area (Å²) in [6, 6.07) is 1.74. The number of carbonyl (C=O) groups is 2. The van der Waals surface area contributed by atoms with Gasteiger partial charge >= 0.3 is 5.97 Å². The molecule has 110 valence electrons. The van der Waals surface area contributed by atoms with Gasteiger partial charge in [0.1, 0.15) is 5.15 Å². The molecule has 1 rings (SSSR count). The van der Waals surface area contributed by atoms with Gasteiger partial charge in [-0.15, -0.1) is 0 Å². The zero-order chi connectivity index (χ0) is 15.3. The third-order valence-electron chi connectivity index (χ3n) is 2.71. The second-order valence-electron chi connectivity index (χ2n) is 4.58. The van der Waals surface area contributed by atoms with E-state index in [0.717, 1.165) is 12.1 Å². The molecule has 6 heteroatoms. The summed E-state index contributed by atoms with van der Waals surface area (Å²) in [5.41, 5.74) is 1.60.